The number of hydrogen-bond acceptors (Lipinski definition) is 7. The summed E-state index contributed by atoms with van der Waals surface area (Å²) in [5, 5.41) is 4.31. The van der Waals surface area contributed by atoms with E-state index in [9.17, 15) is 0 Å². The summed E-state index contributed by atoms with van der Waals surface area (Å²) in [5.41, 5.74) is 5.25. The molecular weight excluding hydrogens is 354 g/mol. The summed E-state index contributed by atoms with van der Waals surface area (Å²) in [4.78, 5) is 8.87. The summed E-state index contributed by atoms with van der Waals surface area (Å²) < 4.78 is 11.4. The molecule has 7 nitrogen and oxygen atoms in total. The van der Waals surface area contributed by atoms with Crippen molar-refractivity contribution in [2.75, 3.05) is 63.9 Å². The zero-order valence-corrected chi connectivity index (χ0v) is 16.9. The van der Waals surface area contributed by atoms with Gasteiger partial charge in [0.15, 0.2) is 5.82 Å². The second-order valence-corrected chi connectivity index (χ2v) is 7.03. The molecule has 28 heavy (non-hydrogen) atoms. The van der Waals surface area contributed by atoms with Crippen LogP contribution in [0.5, 0.6) is 5.75 Å². The lowest BCUT2D eigenvalue weighted by molar-refractivity contribution is 0.0322. The highest BCUT2D eigenvalue weighted by molar-refractivity contribution is 5.80. The van der Waals surface area contributed by atoms with Gasteiger partial charge in [0.1, 0.15) is 18.2 Å². The lowest BCUT2D eigenvalue weighted by Gasteiger charge is -2.26. The number of rotatable bonds is 8. The maximum absolute atomic E-state index is 5.98. The number of ether oxygens (including phenoxy) is 2. The first kappa shape index (κ1) is 20.1. The molecule has 0 saturated carbocycles. The van der Waals surface area contributed by atoms with Crippen LogP contribution in [0.2, 0.25) is 0 Å². The molecule has 2 heterocycles. The molecule has 1 aromatic heterocycles. The van der Waals surface area contributed by atoms with E-state index in [1.54, 1.807) is 6.21 Å². The van der Waals surface area contributed by atoms with Gasteiger partial charge < -0.3 is 14.4 Å². The van der Waals surface area contributed by atoms with Gasteiger partial charge in [-0.15, -0.1) is 0 Å². The molecule has 0 unspecified atom stereocenters. The van der Waals surface area contributed by atoms with E-state index < -0.39 is 0 Å². The molecule has 0 amide bonds. The predicted molar refractivity (Wildman–Crippen MR) is 114 cm³/mol. The second-order valence-electron chi connectivity index (χ2n) is 7.03. The SMILES string of the molecule is Cc1cccc(/C=N/Nc2cc(OCCN3CCOCC3)cc(N(C)C)n2)c1. The highest BCUT2D eigenvalue weighted by Gasteiger charge is 2.11. The third kappa shape index (κ3) is 6.21. The van der Waals surface area contributed by atoms with Crippen molar-refractivity contribution in [3.05, 3.63) is 47.5 Å². The number of aromatic nitrogens is 1. The van der Waals surface area contributed by atoms with Crippen LogP contribution >= 0.6 is 0 Å². The molecule has 0 spiro atoms. The number of hydrogen-bond donors (Lipinski definition) is 1. The Morgan fingerprint density at radius 3 is 2.82 bits per heavy atom. The van der Waals surface area contributed by atoms with E-state index >= 15 is 0 Å². The van der Waals surface area contributed by atoms with Gasteiger partial charge in [0.2, 0.25) is 0 Å². The molecule has 3 rings (SSSR count). The molecule has 2 aromatic rings. The van der Waals surface area contributed by atoms with Crippen molar-refractivity contribution in [2.45, 2.75) is 6.92 Å². The lowest BCUT2D eigenvalue weighted by atomic mass is 10.2. The standard InChI is InChI=1S/C21H29N5O2/c1-17-5-4-6-18(13-17)16-22-24-20-14-19(15-21(23-20)25(2)3)28-12-9-26-7-10-27-11-8-26/h4-6,13-16H,7-12H2,1-3H3,(H,23,24)/b22-16+. The summed E-state index contributed by atoms with van der Waals surface area (Å²) >= 11 is 0. The number of morpholine rings is 1. The molecule has 1 N–H and O–H groups in total. The zero-order chi connectivity index (χ0) is 19.8. The Bertz CT molecular complexity index is 788. The number of hydrazone groups is 1. The molecule has 1 aliphatic heterocycles. The van der Waals surface area contributed by atoms with Gasteiger partial charge in [-0.3, -0.25) is 10.3 Å². The fourth-order valence-electron chi connectivity index (χ4n) is 2.90. The van der Waals surface area contributed by atoms with Crippen LogP contribution in [0.25, 0.3) is 0 Å². The number of nitrogens with zero attached hydrogens (tertiary/aromatic N) is 4. The monoisotopic (exact) mass is 383 g/mol. The van der Waals surface area contributed by atoms with Crippen LogP contribution in [0.1, 0.15) is 11.1 Å². The van der Waals surface area contributed by atoms with Crippen molar-refractivity contribution in [2.24, 2.45) is 5.10 Å². The van der Waals surface area contributed by atoms with Crippen LogP contribution in [0.15, 0.2) is 41.5 Å². The van der Waals surface area contributed by atoms with Gasteiger partial charge in [-0.1, -0.05) is 29.8 Å². The average molecular weight is 383 g/mol. The summed E-state index contributed by atoms with van der Waals surface area (Å²) in [6.07, 6.45) is 1.79. The van der Waals surface area contributed by atoms with E-state index in [1.807, 2.05) is 43.3 Å². The van der Waals surface area contributed by atoms with Crippen molar-refractivity contribution in [3.8, 4) is 5.75 Å². The summed E-state index contributed by atoms with van der Waals surface area (Å²) in [7, 11) is 3.92. The zero-order valence-electron chi connectivity index (χ0n) is 16.9. The van der Waals surface area contributed by atoms with Crippen molar-refractivity contribution in [1.29, 1.82) is 0 Å². The van der Waals surface area contributed by atoms with Crippen LogP contribution in [-0.4, -0.2) is 69.6 Å². The van der Waals surface area contributed by atoms with Crippen LogP contribution in [0.3, 0.4) is 0 Å². The largest absolute Gasteiger partial charge is 0.492 e. The average Bonchev–Trinajstić information content (AvgIpc) is 2.69. The maximum atomic E-state index is 5.98. The van der Waals surface area contributed by atoms with E-state index in [0.29, 0.717) is 12.4 Å². The minimum Gasteiger partial charge on any atom is -0.492 e. The minimum absolute atomic E-state index is 0.628. The van der Waals surface area contributed by atoms with E-state index in [0.717, 1.165) is 50.0 Å². The maximum Gasteiger partial charge on any atom is 0.152 e. The van der Waals surface area contributed by atoms with Crippen LogP contribution < -0.4 is 15.1 Å². The topological polar surface area (TPSA) is 62.2 Å². The van der Waals surface area contributed by atoms with Crippen molar-refractivity contribution in [3.63, 3.8) is 0 Å². The van der Waals surface area contributed by atoms with Crippen LogP contribution in [-0.2, 0) is 4.74 Å². The van der Waals surface area contributed by atoms with Gasteiger partial charge in [0.25, 0.3) is 0 Å². The Morgan fingerprint density at radius 2 is 2.07 bits per heavy atom. The molecule has 150 valence electrons. The molecule has 0 radical (unpaired) electrons. The summed E-state index contributed by atoms with van der Waals surface area (Å²) in [5.74, 6) is 2.24. The molecule has 0 bridgehead atoms. The third-order valence-corrected chi connectivity index (χ3v) is 4.46. The van der Waals surface area contributed by atoms with Crippen molar-refractivity contribution in [1.82, 2.24) is 9.88 Å². The normalized spacial score (nSPS) is 15.0. The molecule has 1 aromatic carbocycles. The van der Waals surface area contributed by atoms with Gasteiger partial charge in [0, 0.05) is 45.9 Å². The smallest absolute Gasteiger partial charge is 0.152 e. The molecule has 1 saturated heterocycles. The minimum atomic E-state index is 0.628. The van der Waals surface area contributed by atoms with Crippen molar-refractivity contribution < 1.29 is 9.47 Å². The first-order valence-corrected chi connectivity index (χ1v) is 9.58. The molecule has 0 atom stereocenters. The Balaban J connectivity index is 1.61. The molecule has 7 heteroatoms. The van der Waals surface area contributed by atoms with Gasteiger partial charge in [-0.25, -0.2) is 4.98 Å². The lowest BCUT2D eigenvalue weighted by Crippen LogP contribution is -2.38. The predicted octanol–water partition coefficient (Wildman–Crippen LogP) is 2.61. The number of aryl methyl sites for hydroxylation is 1. The first-order valence-electron chi connectivity index (χ1n) is 9.58. The third-order valence-electron chi connectivity index (χ3n) is 4.46. The van der Waals surface area contributed by atoms with Crippen LogP contribution in [0, 0.1) is 6.92 Å². The molecule has 0 aliphatic carbocycles. The quantitative estimate of drug-likeness (QED) is 0.559. The Labute approximate surface area is 167 Å². The van der Waals surface area contributed by atoms with Crippen LogP contribution in [0.4, 0.5) is 11.6 Å². The van der Waals surface area contributed by atoms with E-state index in [4.69, 9.17) is 9.47 Å². The van der Waals surface area contributed by atoms with Gasteiger partial charge >= 0.3 is 0 Å². The fourth-order valence-corrected chi connectivity index (χ4v) is 2.90. The van der Waals surface area contributed by atoms with Gasteiger partial charge in [0.05, 0.1) is 19.4 Å². The molecule has 1 aliphatic rings. The molecular formula is C21H29N5O2. The van der Waals surface area contributed by atoms with E-state index in [2.05, 4.69) is 39.5 Å². The molecule has 1 fully saturated rings. The Kier molecular flexibility index (Phi) is 7.22. The Hall–Kier alpha value is -2.64. The van der Waals surface area contributed by atoms with E-state index in [1.165, 1.54) is 5.56 Å². The van der Waals surface area contributed by atoms with E-state index in [-0.39, 0.29) is 0 Å². The highest BCUT2D eigenvalue weighted by atomic mass is 16.5. The summed E-state index contributed by atoms with van der Waals surface area (Å²) in [6, 6.07) is 12.0. The van der Waals surface area contributed by atoms with Gasteiger partial charge in [-0.2, -0.15) is 5.10 Å². The number of nitrogens with one attached hydrogen (secondary N) is 1. The van der Waals surface area contributed by atoms with Gasteiger partial charge in [-0.05, 0) is 12.5 Å². The number of benzene rings is 1. The fraction of sp³-hybridized carbons (Fsp3) is 0.429. The Morgan fingerprint density at radius 1 is 1.25 bits per heavy atom. The highest BCUT2D eigenvalue weighted by Crippen LogP contribution is 2.22. The number of anilines is 2. The second kappa shape index (κ2) is 10.1. The number of pyridine rings is 1. The van der Waals surface area contributed by atoms with Crippen molar-refractivity contribution >= 4 is 17.9 Å². The first-order chi connectivity index (χ1) is 13.6. The summed E-state index contributed by atoms with van der Waals surface area (Å²) in [6.45, 7) is 7.10.